The smallest absolute Gasteiger partial charge is 0.340 e. The fourth-order valence-corrected chi connectivity index (χ4v) is 7.14. The molecule has 3 aromatic rings. The molecule has 1 saturated heterocycles. The molecule has 1 aliphatic rings. The Morgan fingerprint density at radius 1 is 1.10 bits per heavy atom. The van der Waals surface area contributed by atoms with Crippen molar-refractivity contribution in [2.75, 3.05) is 12.3 Å². The summed E-state index contributed by atoms with van der Waals surface area (Å²) in [5.74, 6) is -0.390. The Bertz CT molecular complexity index is 1460. The molecule has 40 heavy (non-hydrogen) atoms. The van der Waals surface area contributed by atoms with E-state index in [-0.39, 0.29) is 40.0 Å². The van der Waals surface area contributed by atoms with Gasteiger partial charge >= 0.3 is 10.1 Å². The summed E-state index contributed by atoms with van der Waals surface area (Å²) in [5, 5.41) is -0.838. The molecule has 219 valence electrons. The van der Waals surface area contributed by atoms with Gasteiger partial charge in [0.1, 0.15) is 25.1 Å². The summed E-state index contributed by atoms with van der Waals surface area (Å²) in [6.07, 6.45) is 1.49. The molecule has 0 bridgehead atoms. The summed E-state index contributed by atoms with van der Waals surface area (Å²) < 4.78 is 52.9. The van der Waals surface area contributed by atoms with Crippen LogP contribution in [0.1, 0.15) is 53.5 Å². The fourth-order valence-electron chi connectivity index (χ4n) is 4.61. The number of aryl methyl sites for hydroxylation is 1. The second-order valence-corrected chi connectivity index (χ2v) is 16.7. The lowest BCUT2D eigenvalue weighted by atomic mass is 10.1. The summed E-state index contributed by atoms with van der Waals surface area (Å²) in [6, 6.07) is 6.34. The number of hydrogen-bond donors (Lipinski definition) is 1. The summed E-state index contributed by atoms with van der Waals surface area (Å²) in [6.45, 7) is 18.5. The Balaban J connectivity index is 1.77. The number of anilines is 1. The lowest BCUT2D eigenvalue weighted by Gasteiger charge is -2.34. The van der Waals surface area contributed by atoms with Crippen molar-refractivity contribution in [1.29, 1.82) is 0 Å². The van der Waals surface area contributed by atoms with E-state index >= 15 is 0 Å². The van der Waals surface area contributed by atoms with Gasteiger partial charge in [-0.1, -0.05) is 30.8 Å². The molecule has 3 atom stereocenters. The van der Waals surface area contributed by atoms with Gasteiger partial charge in [-0.3, -0.25) is 4.57 Å². The normalized spacial score (nSPS) is 22.4. The maximum Gasteiger partial charge on any atom is 0.340 e. The molecule has 13 heteroatoms. The highest BCUT2D eigenvalue weighted by Gasteiger charge is 2.53. The third kappa shape index (κ3) is 6.49. The summed E-state index contributed by atoms with van der Waals surface area (Å²) in [7, 11) is -5.45. The van der Waals surface area contributed by atoms with Crippen LogP contribution in [0.15, 0.2) is 35.5 Å². The number of fused-ring (bicyclic) bond motifs is 1. The molecule has 2 N–H and O–H groups in total. The van der Waals surface area contributed by atoms with Crippen molar-refractivity contribution in [2.24, 2.45) is 0 Å². The van der Waals surface area contributed by atoms with Crippen molar-refractivity contribution in [2.45, 2.75) is 102 Å². The average molecular weight is 591 g/mol. The van der Waals surface area contributed by atoms with Crippen LogP contribution in [0.25, 0.3) is 11.2 Å². The van der Waals surface area contributed by atoms with Crippen LogP contribution in [0.3, 0.4) is 0 Å². The first-order valence-corrected chi connectivity index (χ1v) is 17.1. The molecule has 1 aliphatic heterocycles. The molecule has 11 nitrogen and oxygen atoms in total. The van der Waals surface area contributed by atoms with Crippen molar-refractivity contribution < 1.29 is 26.8 Å². The van der Waals surface area contributed by atoms with E-state index in [9.17, 15) is 8.42 Å². The zero-order chi connectivity index (χ0) is 29.7. The molecule has 2 aromatic heterocycles. The molecular formula is C27H40N5O6SSi. The molecule has 0 aliphatic carbocycles. The third-order valence-electron chi connectivity index (χ3n) is 6.47. The highest BCUT2D eigenvalue weighted by Crippen LogP contribution is 2.43. The van der Waals surface area contributed by atoms with Gasteiger partial charge in [0.25, 0.3) is 5.88 Å². The average Bonchev–Trinajstić information content (AvgIpc) is 3.38. The highest BCUT2D eigenvalue weighted by atomic mass is 32.2. The number of nitrogens with two attached hydrogens (primary N) is 1. The fraction of sp³-hybridized carbons (Fsp3) is 0.593. The minimum absolute atomic E-state index is 0.00469. The van der Waals surface area contributed by atoms with E-state index in [1.165, 1.54) is 12.1 Å². The summed E-state index contributed by atoms with van der Waals surface area (Å²) in [4.78, 5) is 13.0. The minimum Gasteiger partial charge on any atom is -0.373 e. The zero-order valence-electron chi connectivity index (χ0n) is 24.7. The first-order valence-electron chi connectivity index (χ1n) is 13.2. The van der Waals surface area contributed by atoms with Crippen LogP contribution < -0.4 is 9.92 Å². The van der Waals surface area contributed by atoms with Crippen molar-refractivity contribution in [3.63, 3.8) is 0 Å². The topological polar surface area (TPSA) is 141 Å². The first-order chi connectivity index (χ1) is 18.4. The number of benzene rings is 1. The molecule has 4 rings (SSSR count). The summed E-state index contributed by atoms with van der Waals surface area (Å²) in [5.41, 5.74) is 6.71. The second kappa shape index (κ2) is 10.7. The molecule has 3 heterocycles. The van der Waals surface area contributed by atoms with Gasteiger partial charge in [0.2, 0.25) is 5.95 Å². The van der Waals surface area contributed by atoms with Crippen molar-refractivity contribution in [1.82, 2.24) is 19.5 Å². The Morgan fingerprint density at radius 2 is 1.75 bits per heavy atom. The van der Waals surface area contributed by atoms with Crippen LogP contribution in [0.5, 0.6) is 5.88 Å². The lowest BCUT2D eigenvalue weighted by molar-refractivity contribution is -0.139. The van der Waals surface area contributed by atoms with Gasteiger partial charge in [0.05, 0.1) is 30.2 Å². The van der Waals surface area contributed by atoms with Crippen LogP contribution in [0, 0.1) is 6.92 Å². The molecule has 0 saturated carbocycles. The van der Waals surface area contributed by atoms with Gasteiger partial charge in [-0.15, -0.1) is 0 Å². The Kier molecular flexibility index (Phi) is 8.11. The lowest BCUT2D eigenvalue weighted by Crippen LogP contribution is -2.45. The predicted molar refractivity (Wildman–Crippen MR) is 154 cm³/mol. The maximum absolute atomic E-state index is 13.1. The van der Waals surface area contributed by atoms with Gasteiger partial charge in [0, 0.05) is 6.42 Å². The van der Waals surface area contributed by atoms with E-state index in [0.717, 1.165) is 5.56 Å². The highest BCUT2D eigenvalue weighted by molar-refractivity contribution is 7.87. The number of nitrogen functional groups attached to an aromatic ring is 1. The van der Waals surface area contributed by atoms with Crippen LogP contribution in [0.2, 0.25) is 13.1 Å². The standard InChI is InChI=1S/C27H40N5O6SSi/c1-17-10-12-18(13-11-17)39(33,34)38-23-21-22(30-24(28)31-23)32(16-29-21)27(40(8)9)14-19(36-26(5,6)7)20(37-27)15-35-25(2,3)4/h10-13,16,19-20H,14-15H2,1-9H3,(H2,28,30,31)/t19-,20+,27+/m0/s1. The Hall–Kier alpha value is -2.58. The molecule has 0 unspecified atom stereocenters. The number of imidazole rings is 1. The molecule has 1 fully saturated rings. The van der Waals surface area contributed by atoms with E-state index in [2.05, 4.69) is 28.0 Å². The molecular weight excluding hydrogens is 550 g/mol. The Labute approximate surface area is 238 Å². The van der Waals surface area contributed by atoms with E-state index in [1.807, 2.05) is 53.0 Å². The number of hydrogen-bond acceptors (Lipinski definition) is 10. The second-order valence-electron chi connectivity index (χ2n) is 12.4. The summed E-state index contributed by atoms with van der Waals surface area (Å²) >= 11 is 0. The molecule has 1 aromatic carbocycles. The molecule has 0 spiro atoms. The Morgan fingerprint density at radius 3 is 2.33 bits per heavy atom. The van der Waals surface area contributed by atoms with E-state index < -0.39 is 29.9 Å². The van der Waals surface area contributed by atoms with Crippen LogP contribution in [-0.2, 0) is 29.7 Å². The SMILES string of the molecule is Cc1ccc(S(=O)(=O)Oc2nc(N)nc3c2ncn3[C@]2([Si](C)C)C[C@H](OC(C)(C)C)[C@@H](COC(C)(C)C)O2)cc1. The van der Waals surface area contributed by atoms with Crippen molar-refractivity contribution in [3.05, 3.63) is 36.2 Å². The van der Waals surface area contributed by atoms with E-state index in [1.54, 1.807) is 18.5 Å². The third-order valence-corrected chi connectivity index (χ3v) is 9.83. The quantitative estimate of drug-likeness (QED) is 0.299. The van der Waals surface area contributed by atoms with Gasteiger partial charge in [-0.05, 0) is 60.6 Å². The molecule has 1 radical (unpaired) electrons. The minimum atomic E-state index is -4.20. The predicted octanol–water partition coefficient (Wildman–Crippen LogP) is 4.22. The van der Waals surface area contributed by atoms with Crippen LogP contribution in [-0.4, -0.2) is 66.8 Å². The van der Waals surface area contributed by atoms with E-state index in [4.69, 9.17) is 24.1 Å². The maximum atomic E-state index is 13.1. The van der Waals surface area contributed by atoms with Gasteiger partial charge in [-0.25, -0.2) is 4.98 Å². The first kappa shape index (κ1) is 30.4. The van der Waals surface area contributed by atoms with E-state index in [0.29, 0.717) is 18.7 Å². The molecule has 0 amide bonds. The number of ether oxygens (including phenoxy) is 3. The van der Waals surface area contributed by atoms with Crippen molar-refractivity contribution >= 4 is 36.0 Å². The number of nitrogens with zero attached hydrogens (tertiary/aromatic N) is 4. The van der Waals surface area contributed by atoms with Gasteiger partial charge < -0.3 is 24.1 Å². The van der Waals surface area contributed by atoms with Crippen LogP contribution >= 0.6 is 0 Å². The largest absolute Gasteiger partial charge is 0.373 e. The van der Waals surface area contributed by atoms with Gasteiger partial charge in [0.15, 0.2) is 11.2 Å². The number of aromatic nitrogens is 4. The van der Waals surface area contributed by atoms with Gasteiger partial charge in [-0.2, -0.15) is 18.4 Å². The van der Waals surface area contributed by atoms with Crippen molar-refractivity contribution in [3.8, 4) is 5.88 Å². The monoisotopic (exact) mass is 590 g/mol. The number of rotatable bonds is 8. The zero-order valence-corrected chi connectivity index (χ0v) is 26.5. The van der Waals surface area contributed by atoms with Crippen LogP contribution in [0.4, 0.5) is 5.95 Å².